The van der Waals surface area contributed by atoms with Crippen molar-refractivity contribution in [2.75, 3.05) is 6.61 Å². The van der Waals surface area contributed by atoms with Crippen LogP contribution in [-0.2, 0) is 9.59 Å². The zero-order valence-electron chi connectivity index (χ0n) is 12.6. The molecule has 1 aromatic rings. The van der Waals surface area contributed by atoms with Crippen LogP contribution in [0.15, 0.2) is 24.3 Å². The number of hydrogen-bond donors (Lipinski definition) is 2. The van der Waals surface area contributed by atoms with Crippen LogP contribution in [0.1, 0.15) is 38.2 Å². The van der Waals surface area contributed by atoms with E-state index < -0.39 is 12.0 Å². The van der Waals surface area contributed by atoms with E-state index in [0.29, 0.717) is 25.9 Å². The maximum atomic E-state index is 11.7. The van der Waals surface area contributed by atoms with Crippen LogP contribution in [0.25, 0.3) is 0 Å². The second-order valence-electron chi connectivity index (χ2n) is 5.02. The second kappa shape index (κ2) is 9.00. The summed E-state index contributed by atoms with van der Waals surface area (Å²) in [6.45, 7) is 4.31. The number of aliphatic carboxylic acids is 1. The Labute approximate surface area is 125 Å². The molecular weight excluding hydrogens is 270 g/mol. The summed E-state index contributed by atoms with van der Waals surface area (Å²) >= 11 is 0. The van der Waals surface area contributed by atoms with E-state index in [1.54, 1.807) is 0 Å². The fraction of sp³-hybridized carbons (Fsp3) is 0.500. The lowest BCUT2D eigenvalue weighted by Gasteiger charge is -2.13. The Hall–Kier alpha value is -2.04. The van der Waals surface area contributed by atoms with Gasteiger partial charge in [-0.2, -0.15) is 0 Å². The predicted octanol–water partition coefficient (Wildman–Crippen LogP) is 2.52. The summed E-state index contributed by atoms with van der Waals surface area (Å²) in [5.74, 6) is -0.449. The van der Waals surface area contributed by atoms with Gasteiger partial charge in [0.1, 0.15) is 11.8 Å². The van der Waals surface area contributed by atoms with Gasteiger partial charge in [-0.15, -0.1) is 0 Å². The van der Waals surface area contributed by atoms with Crippen molar-refractivity contribution in [2.24, 2.45) is 0 Å². The Kier molecular flexibility index (Phi) is 7.29. The predicted molar refractivity (Wildman–Crippen MR) is 80.4 cm³/mol. The number of nitrogens with one attached hydrogen (secondary N) is 1. The summed E-state index contributed by atoms with van der Waals surface area (Å²) in [4.78, 5) is 22.6. The first-order valence-corrected chi connectivity index (χ1v) is 7.24. The van der Waals surface area contributed by atoms with Crippen LogP contribution in [0.4, 0.5) is 0 Å². The molecule has 116 valence electrons. The number of carbonyl (C=O) groups excluding carboxylic acids is 1. The Morgan fingerprint density at radius 1 is 1.38 bits per heavy atom. The molecule has 1 aromatic carbocycles. The van der Waals surface area contributed by atoms with Gasteiger partial charge >= 0.3 is 5.97 Å². The first-order chi connectivity index (χ1) is 10.0. The minimum absolute atomic E-state index is 0.247. The van der Waals surface area contributed by atoms with Gasteiger partial charge in [-0.25, -0.2) is 4.79 Å². The molecule has 5 heteroatoms. The van der Waals surface area contributed by atoms with E-state index in [2.05, 4.69) is 5.32 Å². The number of ether oxygens (including phenoxy) is 1. The molecule has 0 radical (unpaired) electrons. The highest BCUT2D eigenvalue weighted by Crippen LogP contribution is 2.12. The molecule has 0 heterocycles. The minimum Gasteiger partial charge on any atom is -0.494 e. The van der Waals surface area contributed by atoms with Gasteiger partial charge in [0.05, 0.1) is 6.61 Å². The third-order valence-corrected chi connectivity index (χ3v) is 3.02. The van der Waals surface area contributed by atoms with Crippen LogP contribution in [0.2, 0.25) is 0 Å². The van der Waals surface area contributed by atoms with E-state index in [1.165, 1.54) is 0 Å². The van der Waals surface area contributed by atoms with Crippen LogP contribution in [0.5, 0.6) is 5.75 Å². The van der Waals surface area contributed by atoms with Gasteiger partial charge in [0.15, 0.2) is 0 Å². The van der Waals surface area contributed by atoms with Crippen molar-refractivity contribution in [1.29, 1.82) is 0 Å². The summed E-state index contributed by atoms with van der Waals surface area (Å²) in [7, 11) is 0. The van der Waals surface area contributed by atoms with Crippen molar-refractivity contribution in [3.63, 3.8) is 0 Å². The SMILES string of the molecule is CCC[C@@H](NC(=O)CCCOc1cccc(C)c1)C(=O)O. The minimum atomic E-state index is -0.985. The molecule has 0 fully saturated rings. The Balaban J connectivity index is 2.25. The zero-order valence-corrected chi connectivity index (χ0v) is 12.6. The molecule has 0 unspecified atom stereocenters. The van der Waals surface area contributed by atoms with Gasteiger partial charge in [0.25, 0.3) is 0 Å². The molecule has 0 saturated carbocycles. The maximum absolute atomic E-state index is 11.7. The molecule has 0 aliphatic rings. The normalized spacial score (nSPS) is 11.7. The number of carboxylic acid groups (broad SMARTS) is 1. The van der Waals surface area contributed by atoms with Gasteiger partial charge in [0, 0.05) is 6.42 Å². The highest BCUT2D eigenvalue weighted by Gasteiger charge is 2.18. The molecule has 1 amide bonds. The average molecular weight is 293 g/mol. The first-order valence-electron chi connectivity index (χ1n) is 7.24. The number of amides is 1. The smallest absolute Gasteiger partial charge is 0.326 e. The van der Waals surface area contributed by atoms with Crippen LogP contribution in [0, 0.1) is 6.92 Å². The molecule has 21 heavy (non-hydrogen) atoms. The number of carbonyl (C=O) groups is 2. The highest BCUT2D eigenvalue weighted by atomic mass is 16.5. The number of benzene rings is 1. The van der Waals surface area contributed by atoms with Gasteiger partial charge in [-0.05, 0) is 37.5 Å². The molecule has 0 aliphatic heterocycles. The summed E-state index contributed by atoms with van der Waals surface area (Å²) in [6, 6.07) is 6.91. The van der Waals surface area contributed by atoms with Crippen molar-refractivity contribution in [3.8, 4) is 5.75 Å². The lowest BCUT2D eigenvalue weighted by atomic mass is 10.1. The molecule has 0 bridgehead atoms. The van der Waals surface area contributed by atoms with Crippen LogP contribution in [-0.4, -0.2) is 29.6 Å². The number of hydrogen-bond acceptors (Lipinski definition) is 3. The van der Waals surface area contributed by atoms with E-state index in [0.717, 1.165) is 11.3 Å². The van der Waals surface area contributed by atoms with E-state index in [1.807, 2.05) is 38.1 Å². The molecule has 0 aliphatic carbocycles. The van der Waals surface area contributed by atoms with E-state index in [9.17, 15) is 9.59 Å². The van der Waals surface area contributed by atoms with Gasteiger partial charge < -0.3 is 15.2 Å². The Morgan fingerprint density at radius 3 is 2.76 bits per heavy atom. The average Bonchev–Trinajstić information content (AvgIpc) is 2.43. The number of carboxylic acids is 1. The molecule has 2 N–H and O–H groups in total. The van der Waals surface area contributed by atoms with Crippen molar-refractivity contribution in [1.82, 2.24) is 5.32 Å². The van der Waals surface area contributed by atoms with Gasteiger partial charge in [-0.3, -0.25) is 4.79 Å². The lowest BCUT2D eigenvalue weighted by molar-refractivity contribution is -0.142. The monoisotopic (exact) mass is 293 g/mol. The summed E-state index contributed by atoms with van der Waals surface area (Å²) in [5.41, 5.74) is 1.12. The molecule has 0 spiro atoms. The van der Waals surface area contributed by atoms with Crippen molar-refractivity contribution >= 4 is 11.9 Å². The van der Waals surface area contributed by atoms with E-state index in [-0.39, 0.29) is 12.3 Å². The van der Waals surface area contributed by atoms with Crippen LogP contribution >= 0.6 is 0 Å². The van der Waals surface area contributed by atoms with Crippen molar-refractivity contribution in [3.05, 3.63) is 29.8 Å². The lowest BCUT2D eigenvalue weighted by Crippen LogP contribution is -2.40. The van der Waals surface area contributed by atoms with E-state index in [4.69, 9.17) is 9.84 Å². The third kappa shape index (κ3) is 6.79. The van der Waals surface area contributed by atoms with Gasteiger partial charge in [-0.1, -0.05) is 25.5 Å². The maximum Gasteiger partial charge on any atom is 0.326 e. The topological polar surface area (TPSA) is 75.6 Å². The molecular formula is C16H23NO4. The van der Waals surface area contributed by atoms with Crippen molar-refractivity contribution in [2.45, 2.75) is 45.6 Å². The number of rotatable bonds is 9. The summed E-state index contributed by atoms with van der Waals surface area (Å²) in [6.07, 6.45) is 1.98. The molecule has 0 saturated heterocycles. The Bertz CT molecular complexity index is 473. The molecule has 0 aromatic heterocycles. The molecule has 5 nitrogen and oxygen atoms in total. The fourth-order valence-electron chi connectivity index (χ4n) is 1.94. The standard InChI is InChI=1S/C16H23NO4/c1-3-6-14(16(19)20)17-15(18)9-5-10-21-13-8-4-7-12(2)11-13/h4,7-8,11,14H,3,5-6,9-10H2,1-2H3,(H,17,18)(H,19,20)/t14-/m1/s1. The van der Waals surface area contributed by atoms with E-state index >= 15 is 0 Å². The fourth-order valence-corrected chi connectivity index (χ4v) is 1.94. The number of aryl methyl sites for hydroxylation is 1. The van der Waals surface area contributed by atoms with Crippen LogP contribution < -0.4 is 10.1 Å². The first kappa shape index (κ1) is 17.0. The quantitative estimate of drug-likeness (QED) is 0.686. The largest absolute Gasteiger partial charge is 0.494 e. The zero-order chi connectivity index (χ0) is 15.7. The van der Waals surface area contributed by atoms with Crippen LogP contribution in [0.3, 0.4) is 0 Å². The highest BCUT2D eigenvalue weighted by molar-refractivity contribution is 5.83. The molecule has 1 atom stereocenters. The summed E-state index contributed by atoms with van der Waals surface area (Å²) < 4.78 is 5.54. The van der Waals surface area contributed by atoms with Crippen molar-refractivity contribution < 1.29 is 19.4 Å². The van der Waals surface area contributed by atoms with Gasteiger partial charge in [0.2, 0.25) is 5.91 Å². The second-order valence-corrected chi connectivity index (χ2v) is 5.02. The molecule has 1 rings (SSSR count). The Morgan fingerprint density at radius 2 is 2.14 bits per heavy atom. The summed E-state index contributed by atoms with van der Waals surface area (Å²) in [5, 5.41) is 11.5. The third-order valence-electron chi connectivity index (χ3n) is 3.02.